The van der Waals surface area contributed by atoms with Crippen molar-refractivity contribution < 1.29 is 27.4 Å². The Morgan fingerprint density at radius 1 is 0.968 bits per heavy atom. The average Bonchev–Trinajstić information content (AvgIpc) is 3.21. The number of methoxy groups -OCH3 is 3. The van der Waals surface area contributed by atoms with E-state index in [0.29, 0.717) is 48.7 Å². The maximum atomic E-state index is 12.8. The second kappa shape index (κ2) is 10.0. The van der Waals surface area contributed by atoms with E-state index in [1.54, 1.807) is 25.2 Å². The number of nitrogens with zero attached hydrogens (tertiary/aromatic N) is 1. The molecular weight excluding hydrogens is 420 g/mol. The minimum absolute atomic E-state index is 0.0317. The van der Waals surface area contributed by atoms with Crippen molar-refractivity contribution in [2.24, 2.45) is 0 Å². The molecule has 1 fully saturated rings. The second-order valence-corrected chi connectivity index (χ2v) is 8.94. The highest BCUT2D eigenvalue weighted by atomic mass is 32.2. The van der Waals surface area contributed by atoms with Crippen molar-refractivity contribution in [2.75, 3.05) is 39.3 Å². The number of nitrogens with one attached hydrogen (secondary N) is 1. The molecule has 168 valence electrons. The zero-order chi connectivity index (χ0) is 22.4. The largest absolute Gasteiger partial charge is 0.495 e. The lowest BCUT2D eigenvalue weighted by Gasteiger charge is -2.20. The van der Waals surface area contributed by atoms with E-state index in [4.69, 9.17) is 14.2 Å². The third-order valence-electron chi connectivity index (χ3n) is 5.21. The first-order valence-electron chi connectivity index (χ1n) is 10.1. The molecule has 1 N–H and O–H groups in total. The van der Waals surface area contributed by atoms with Gasteiger partial charge in [0.2, 0.25) is 15.9 Å². The number of hydrogen-bond acceptors (Lipinski definition) is 6. The van der Waals surface area contributed by atoms with Crippen LogP contribution in [0.4, 0.5) is 5.69 Å². The maximum absolute atomic E-state index is 12.8. The number of anilines is 1. The molecule has 8 nitrogen and oxygen atoms in total. The van der Waals surface area contributed by atoms with Crippen LogP contribution in [0.15, 0.2) is 41.3 Å². The van der Waals surface area contributed by atoms with Crippen LogP contribution >= 0.6 is 0 Å². The molecule has 0 bridgehead atoms. The fraction of sp³-hybridized carbons (Fsp3) is 0.409. The smallest absolute Gasteiger partial charge is 0.240 e. The molecule has 0 saturated carbocycles. The van der Waals surface area contributed by atoms with Gasteiger partial charge in [0, 0.05) is 19.5 Å². The number of rotatable bonds is 10. The van der Waals surface area contributed by atoms with Gasteiger partial charge in [-0.15, -0.1) is 0 Å². The molecule has 1 saturated heterocycles. The summed E-state index contributed by atoms with van der Waals surface area (Å²) in [5.41, 5.74) is 1.51. The van der Waals surface area contributed by atoms with Gasteiger partial charge in [-0.3, -0.25) is 4.79 Å². The number of ether oxygens (including phenoxy) is 3. The fourth-order valence-electron chi connectivity index (χ4n) is 3.57. The maximum Gasteiger partial charge on any atom is 0.240 e. The second-order valence-electron chi connectivity index (χ2n) is 7.17. The lowest BCUT2D eigenvalue weighted by atomic mass is 10.1. The van der Waals surface area contributed by atoms with Gasteiger partial charge in [-0.1, -0.05) is 6.07 Å². The van der Waals surface area contributed by atoms with Crippen molar-refractivity contribution in [1.29, 1.82) is 0 Å². The molecule has 1 amide bonds. The van der Waals surface area contributed by atoms with Crippen molar-refractivity contribution in [3.63, 3.8) is 0 Å². The van der Waals surface area contributed by atoms with Crippen LogP contribution in [0.2, 0.25) is 0 Å². The lowest BCUT2D eigenvalue weighted by molar-refractivity contribution is -0.117. The highest BCUT2D eigenvalue weighted by Gasteiger charge is 2.26. The summed E-state index contributed by atoms with van der Waals surface area (Å²) in [5, 5.41) is 0. The summed E-state index contributed by atoms with van der Waals surface area (Å²) < 4.78 is 44.1. The summed E-state index contributed by atoms with van der Waals surface area (Å²) in [6, 6.07) is 10.2. The van der Waals surface area contributed by atoms with Crippen LogP contribution in [0, 0.1) is 0 Å². The van der Waals surface area contributed by atoms with Crippen molar-refractivity contribution in [2.45, 2.75) is 30.6 Å². The Morgan fingerprint density at radius 3 is 2.32 bits per heavy atom. The van der Waals surface area contributed by atoms with Gasteiger partial charge in [-0.2, -0.15) is 0 Å². The molecule has 0 spiro atoms. The van der Waals surface area contributed by atoms with Crippen LogP contribution < -0.4 is 23.8 Å². The fourth-order valence-corrected chi connectivity index (χ4v) is 4.66. The summed E-state index contributed by atoms with van der Waals surface area (Å²) in [4.78, 5) is 13.8. The highest BCUT2D eigenvalue weighted by molar-refractivity contribution is 7.89. The number of hydrogen-bond donors (Lipinski definition) is 1. The molecule has 3 rings (SSSR count). The van der Waals surface area contributed by atoms with Gasteiger partial charge in [0.25, 0.3) is 0 Å². The Balaban J connectivity index is 1.65. The molecule has 0 radical (unpaired) electrons. The van der Waals surface area contributed by atoms with Crippen LogP contribution in [0.3, 0.4) is 0 Å². The number of carbonyl (C=O) groups is 1. The van der Waals surface area contributed by atoms with E-state index in [2.05, 4.69) is 4.72 Å². The normalized spacial score (nSPS) is 14.0. The van der Waals surface area contributed by atoms with Gasteiger partial charge in [0.15, 0.2) is 11.5 Å². The highest BCUT2D eigenvalue weighted by Crippen LogP contribution is 2.33. The minimum atomic E-state index is -3.72. The van der Waals surface area contributed by atoms with E-state index in [0.717, 1.165) is 12.0 Å². The van der Waals surface area contributed by atoms with Crippen molar-refractivity contribution >= 4 is 21.6 Å². The van der Waals surface area contributed by atoms with Crippen molar-refractivity contribution in [1.82, 2.24) is 4.72 Å². The van der Waals surface area contributed by atoms with Crippen LogP contribution in [0.25, 0.3) is 0 Å². The van der Waals surface area contributed by atoms with Gasteiger partial charge in [0.05, 0.1) is 31.9 Å². The Kier molecular flexibility index (Phi) is 7.40. The third kappa shape index (κ3) is 5.29. The number of sulfonamides is 1. The molecule has 0 aromatic heterocycles. The molecule has 31 heavy (non-hydrogen) atoms. The summed E-state index contributed by atoms with van der Waals surface area (Å²) in [6.07, 6.45) is 2.49. The van der Waals surface area contributed by atoms with Crippen molar-refractivity contribution in [3.8, 4) is 17.2 Å². The van der Waals surface area contributed by atoms with E-state index in [1.807, 2.05) is 18.2 Å². The Bertz CT molecular complexity index is 1040. The number of amides is 1. The number of aryl methyl sites for hydroxylation is 1. The number of benzene rings is 2. The molecule has 9 heteroatoms. The summed E-state index contributed by atoms with van der Waals surface area (Å²) in [7, 11) is 0.937. The quantitative estimate of drug-likeness (QED) is 0.562. The van der Waals surface area contributed by atoms with Gasteiger partial charge in [0.1, 0.15) is 5.75 Å². The van der Waals surface area contributed by atoms with Crippen LogP contribution in [-0.4, -0.2) is 48.7 Å². The molecule has 0 unspecified atom stereocenters. The lowest BCUT2D eigenvalue weighted by Crippen LogP contribution is -2.27. The molecule has 0 aliphatic carbocycles. The molecule has 1 aliphatic heterocycles. The first-order chi connectivity index (χ1) is 14.9. The SMILES string of the molecule is COc1ccc(CCCNS(=O)(=O)c2ccc(OC)c(N3CCCC3=O)c2)cc1OC. The van der Waals surface area contributed by atoms with E-state index >= 15 is 0 Å². The molecular formula is C22H28N2O6S. The molecule has 0 atom stereocenters. The Morgan fingerprint density at radius 2 is 1.68 bits per heavy atom. The molecule has 1 heterocycles. The Hall–Kier alpha value is -2.78. The van der Waals surface area contributed by atoms with Gasteiger partial charge < -0.3 is 19.1 Å². The predicted molar refractivity (Wildman–Crippen MR) is 118 cm³/mol. The summed E-state index contributed by atoms with van der Waals surface area (Å²) in [6.45, 7) is 0.831. The van der Waals surface area contributed by atoms with E-state index < -0.39 is 10.0 Å². The zero-order valence-electron chi connectivity index (χ0n) is 18.0. The van der Waals surface area contributed by atoms with Gasteiger partial charge in [-0.05, 0) is 55.2 Å². The first-order valence-corrected chi connectivity index (χ1v) is 11.6. The summed E-state index contributed by atoms with van der Waals surface area (Å²) in [5.74, 6) is 1.74. The van der Waals surface area contributed by atoms with E-state index in [-0.39, 0.29) is 17.3 Å². The van der Waals surface area contributed by atoms with Gasteiger partial charge in [-0.25, -0.2) is 13.1 Å². The third-order valence-corrected chi connectivity index (χ3v) is 6.67. The van der Waals surface area contributed by atoms with Crippen LogP contribution in [-0.2, 0) is 21.2 Å². The zero-order valence-corrected chi connectivity index (χ0v) is 18.8. The number of carbonyl (C=O) groups excluding carboxylic acids is 1. The van der Waals surface area contributed by atoms with E-state index in [9.17, 15) is 13.2 Å². The topological polar surface area (TPSA) is 94.2 Å². The summed E-state index contributed by atoms with van der Waals surface area (Å²) >= 11 is 0. The minimum Gasteiger partial charge on any atom is -0.495 e. The first kappa shape index (κ1) is 22.9. The van der Waals surface area contributed by atoms with Crippen molar-refractivity contribution in [3.05, 3.63) is 42.0 Å². The predicted octanol–water partition coefficient (Wildman–Crippen LogP) is 2.75. The standard InChI is InChI=1S/C22H28N2O6S/c1-28-19-11-9-17(15-18(19)24-13-5-7-22(24)25)31(26,27)23-12-4-6-16-8-10-20(29-2)21(14-16)30-3/h8-11,14-15,23H,4-7,12-13H2,1-3H3. The van der Waals surface area contributed by atoms with Crippen LogP contribution in [0.1, 0.15) is 24.8 Å². The van der Waals surface area contributed by atoms with Crippen LogP contribution in [0.5, 0.6) is 17.2 Å². The molecule has 2 aromatic carbocycles. The molecule has 2 aromatic rings. The monoisotopic (exact) mass is 448 g/mol. The molecule has 1 aliphatic rings. The average molecular weight is 449 g/mol. The van der Waals surface area contributed by atoms with E-state index in [1.165, 1.54) is 19.2 Å². The van der Waals surface area contributed by atoms with Gasteiger partial charge >= 0.3 is 0 Å². The Labute approximate surface area is 183 Å².